The van der Waals surface area contributed by atoms with Gasteiger partial charge >= 0.3 is 0 Å². The van der Waals surface area contributed by atoms with Gasteiger partial charge in [0, 0.05) is 22.8 Å². The van der Waals surface area contributed by atoms with E-state index in [4.69, 9.17) is 4.74 Å². The molecule has 1 amide bonds. The molecule has 0 atom stereocenters. The molecule has 34 heavy (non-hydrogen) atoms. The molecule has 4 aromatic rings. The molecule has 0 aliphatic rings. The molecule has 0 saturated heterocycles. The van der Waals surface area contributed by atoms with Crippen LogP contribution in [0, 0.1) is 31.0 Å². The van der Waals surface area contributed by atoms with E-state index >= 15 is 0 Å². The summed E-state index contributed by atoms with van der Waals surface area (Å²) in [7, 11) is 1.61. The number of hydrogen-bond donors (Lipinski definition) is 1. The van der Waals surface area contributed by atoms with Crippen molar-refractivity contribution < 1.29 is 13.9 Å². The van der Waals surface area contributed by atoms with Crippen LogP contribution in [-0.4, -0.2) is 32.3 Å². The lowest BCUT2D eigenvalue weighted by molar-refractivity contribution is -0.112. The highest BCUT2D eigenvalue weighted by Gasteiger charge is 2.15. The predicted molar refractivity (Wildman–Crippen MR) is 125 cm³/mol. The maximum absolute atomic E-state index is 14.5. The van der Waals surface area contributed by atoms with Gasteiger partial charge in [0.2, 0.25) is 0 Å². The molecule has 0 aliphatic carbocycles. The van der Waals surface area contributed by atoms with Crippen molar-refractivity contribution in [1.82, 2.24) is 19.3 Å². The number of aryl methyl sites for hydroxylation is 1. The van der Waals surface area contributed by atoms with Crippen LogP contribution in [0.3, 0.4) is 0 Å². The number of aromatic nitrogens is 4. The van der Waals surface area contributed by atoms with Crippen LogP contribution in [0.4, 0.5) is 10.1 Å². The van der Waals surface area contributed by atoms with Crippen LogP contribution >= 0.6 is 0 Å². The van der Waals surface area contributed by atoms with Crippen molar-refractivity contribution in [3.05, 3.63) is 89.5 Å². The summed E-state index contributed by atoms with van der Waals surface area (Å²) in [5, 5.41) is 16.1. The summed E-state index contributed by atoms with van der Waals surface area (Å²) in [4.78, 5) is 16.5. The van der Waals surface area contributed by atoms with E-state index in [0.717, 1.165) is 28.4 Å². The standard InChI is InChI=1S/C25H21FN6O2/c1-16-10-18(17(2)32(16)21-5-7-22(34-3)8-6-21)11-19(13-27)25(33)30-20-4-9-24(23(26)12-20)31-15-28-14-29-31/h4-12,14-15H,1-3H3,(H,30,33). The fourth-order valence-electron chi connectivity index (χ4n) is 3.67. The second-order valence-corrected chi connectivity index (χ2v) is 7.49. The van der Waals surface area contributed by atoms with Crippen molar-refractivity contribution in [1.29, 1.82) is 5.26 Å². The maximum atomic E-state index is 14.5. The van der Waals surface area contributed by atoms with Crippen molar-refractivity contribution in [2.45, 2.75) is 13.8 Å². The first kappa shape index (κ1) is 22.5. The van der Waals surface area contributed by atoms with E-state index in [-0.39, 0.29) is 16.9 Å². The number of rotatable bonds is 6. The van der Waals surface area contributed by atoms with Gasteiger partial charge in [-0.3, -0.25) is 4.79 Å². The number of carbonyl (C=O) groups excluding carboxylic acids is 1. The summed E-state index contributed by atoms with van der Waals surface area (Å²) in [6.45, 7) is 3.86. The van der Waals surface area contributed by atoms with Gasteiger partial charge in [-0.05, 0) is 74.0 Å². The van der Waals surface area contributed by atoms with Crippen LogP contribution in [0.5, 0.6) is 5.75 Å². The van der Waals surface area contributed by atoms with Crippen LogP contribution in [-0.2, 0) is 4.79 Å². The number of benzene rings is 2. The molecule has 2 heterocycles. The van der Waals surface area contributed by atoms with Crippen LogP contribution in [0.25, 0.3) is 17.5 Å². The highest BCUT2D eigenvalue weighted by Crippen LogP contribution is 2.25. The van der Waals surface area contributed by atoms with Gasteiger partial charge in [0.1, 0.15) is 35.7 Å². The zero-order valence-electron chi connectivity index (χ0n) is 18.8. The van der Waals surface area contributed by atoms with Gasteiger partial charge < -0.3 is 14.6 Å². The minimum atomic E-state index is -0.635. The Hall–Kier alpha value is -4.71. The third-order valence-electron chi connectivity index (χ3n) is 5.34. The molecule has 0 saturated carbocycles. The number of nitrogens with one attached hydrogen (secondary N) is 1. The Bertz CT molecular complexity index is 1410. The third-order valence-corrected chi connectivity index (χ3v) is 5.34. The number of halogens is 1. The molecule has 2 aromatic heterocycles. The van der Waals surface area contributed by atoms with E-state index in [0.29, 0.717) is 0 Å². The maximum Gasteiger partial charge on any atom is 0.266 e. The number of amides is 1. The van der Waals surface area contributed by atoms with E-state index < -0.39 is 11.7 Å². The Labute approximate surface area is 195 Å². The summed E-state index contributed by atoms with van der Waals surface area (Å²) < 4.78 is 23.0. The lowest BCUT2D eigenvalue weighted by Crippen LogP contribution is -2.14. The van der Waals surface area contributed by atoms with Crippen LogP contribution < -0.4 is 10.1 Å². The lowest BCUT2D eigenvalue weighted by atomic mass is 10.1. The molecule has 4 rings (SSSR count). The van der Waals surface area contributed by atoms with Crippen molar-refractivity contribution in [3.63, 3.8) is 0 Å². The topological polar surface area (TPSA) is 97.8 Å². The summed E-state index contributed by atoms with van der Waals surface area (Å²) in [5.74, 6) is -0.473. The quantitative estimate of drug-likeness (QED) is 0.343. The Balaban J connectivity index is 1.58. The number of nitriles is 1. The summed E-state index contributed by atoms with van der Waals surface area (Å²) in [6.07, 6.45) is 4.19. The summed E-state index contributed by atoms with van der Waals surface area (Å²) >= 11 is 0. The molecule has 0 unspecified atom stereocenters. The van der Waals surface area contributed by atoms with E-state index in [9.17, 15) is 14.4 Å². The van der Waals surface area contributed by atoms with Crippen LogP contribution in [0.2, 0.25) is 0 Å². The molecule has 9 heteroatoms. The Morgan fingerprint density at radius 1 is 1.18 bits per heavy atom. The number of ether oxygens (including phenoxy) is 1. The number of carbonyl (C=O) groups is 1. The molecule has 0 aliphatic heterocycles. The fraction of sp³-hybridized carbons (Fsp3) is 0.120. The van der Waals surface area contributed by atoms with E-state index in [1.807, 2.05) is 54.8 Å². The molecule has 0 spiro atoms. The van der Waals surface area contributed by atoms with Gasteiger partial charge in [-0.2, -0.15) is 10.4 Å². The lowest BCUT2D eigenvalue weighted by Gasteiger charge is -2.10. The van der Waals surface area contributed by atoms with Gasteiger partial charge in [-0.15, -0.1) is 0 Å². The first-order valence-corrected chi connectivity index (χ1v) is 10.3. The Morgan fingerprint density at radius 2 is 1.94 bits per heavy atom. The average Bonchev–Trinajstić information content (AvgIpc) is 3.45. The van der Waals surface area contributed by atoms with Gasteiger partial charge in [0.05, 0.1) is 7.11 Å². The number of hydrogen-bond acceptors (Lipinski definition) is 5. The highest BCUT2D eigenvalue weighted by atomic mass is 19.1. The normalized spacial score (nSPS) is 11.2. The van der Waals surface area contributed by atoms with Gasteiger partial charge in [0.15, 0.2) is 5.82 Å². The highest BCUT2D eigenvalue weighted by molar-refractivity contribution is 6.09. The molecule has 2 aromatic carbocycles. The molecular formula is C25H21FN6O2. The first-order chi connectivity index (χ1) is 16.4. The molecule has 8 nitrogen and oxygen atoms in total. The minimum Gasteiger partial charge on any atom is -0.497 e. The van der Waals surface area contributed by atoms with Crippen molar-refractivity contribution in [3.8, 4) is 23.2 Å². The third kappa shape index (κ3) is 4.42. The number of anilines is 1. The minimum absolute atomic E-state index is 0.101. The second-order valence-electron chi connectivity index (χ2n) is 7.49. The van der Waals surface area contributed by atoms with Crippen LogP contribution in [0.15, 0.2) is 66.8 Å². The Morgan fingerprint density at radius 3 is 2.56 bits per heavy atom. The SMILES string of the molecule is COc1ccc(-n2c(C)cc(C=C(C#N)C(=O)Nc3ccc(-n4cncn4)c(F)c3)c2C)cc1. The predicted octanol–water partition coefficient (Wildman–Crippen LogP) is 4.37. The first-order valence-electron chi connectivity index (χ1n) is 10.3. The fourth-order valence-corrected chi connectivity index (χ4v) is 3.67. The van der Waals surface area contributed by atoms with Crippen molar-refractivity contribution >= 4 is 17.7 Å². The Kier molecular flexibility index (Phi) is 6.23. The largest absolute Gasteiger partial charge is 0.497 e. The summed E-state index contributed by atoms with van der Waals surface area (Å²) in [5.41, 5.74) is 3.78. The molecule has 170 valence electrons. The average molecular weight is 456 g/mol. The zero-order chi connectivity index (χ0) is 24.2. The van der Waals surface area contributed by atoms with Crippen molar-refractivity contribution in [2.75, 3.05) is 12.4 Å². The van der Waals surface area contributed by atoms with Gasteiger partial charge in [0.25, 0.3) is 5.91 Å². The van der Waals surface area contributed by atoms with E-state index in [1.54, 1.807) is 7.11 Å². The van der Waals surface area contributed by atoms with Crippen LogP contribution in [0.1, 0.15) is 17.0 Å². The van der Waals surface area contributed by atoms with E-state index in [2.05, 4.69) is 15.4 Å². The second kappa shape index (κ2) is 9.42. The van der Waals surface area contributed by atoms with Gasteiger partial charge in [-0.25, -0.2) is 14.1 Å². The molecule has 0 bridgehead atoms. The van der Waals surface area contributed by atoms with Gasteiger partial charge in [-0.1, -0.05) is 0 Å². The molecule has 0 fully saturated rings. The van der Waals surface area contributed by atoms with E-state index in [1.165, 1.54) is 41.6 Å². The molecule has 1 N–H and O–H groups in total. The number of nitrogens with zero attached hydrogens (tertiary/aromatic N) is 5. The number of methoxy groups -OCH3 is 1. The smallest absolute Gasteiger partial charge is 0.266 e. The summed E-state index contributed by atoms with van der Waals surface area (Å²) in [6, 6.07) is 15.6. The molecular weight excluding hydrogens is 435 g/mol. The monoisotopic (exact) mass is 456 g/mol. The zero-order valence-corrected chi connectivity index (χ0v) is 18.8. The van der Waals surface area contributed by atoms with Crippen molar-refractivity contribution in [2.24, 2.45) is 0 Å². The molecule has 0 radical (unpaired) electrons.